The number of ether oxygens (including phenoxy) is 1. The smallest absolute Gasteiger partial charge is 0.295 e. The zero-order valence-corrected chi connectivity index (χ0v) is 17.3. The molecule has 1 N–H and O–H groups in total. The zero-order valence-electron chi connectivity index (χ0n) is 16.5. The average Bonchev–Trinajstić information content (AvgIpc) is 3.04. The van der Waals surface area contributed by atoms with E-state index in [1.807, 2.05) is 6.07 Å². The van der Waals surface area contributed by atoms with Crippen LogP contribution in [0.15, 0.2) is 72.8 Å². The molecule has 1 aliphatic rings. The Balaban J connectivity index is 1.85. The van der Waals surface area contributed by atoms with E-state index in [0.29, 0.717) is 16.9 Å². The topological polar surface area (TPSA) is 92.6 Å². The summed E-state index contributed by atoms with van der Waals surface area (Å²) in [6.45, 7) is 0.151. The average molecular weight is 436 g/mol. The molecule has 1 unspecified atom stereocenters. The van der Waals surface area contributed by atoms with Gasteiger partial charge in [0.1, 0.15) is 11.5 Å². The number of aromatic nitrogens is 2. The molecular weight excluding hydrogens is 418 g/mol. The number of likely N-dealkylation sites (tertiary alicyclic amines) is 1. The summed E-state index contributed by atoms with van der Waals surface area (Å²) in [6, 6.07) is 10.9. The Kier molecular flexibility index (Phi) is 5.68. The summed E-state index contributed by atoms with van der Waals surface area (Å²) < 4.78 is 5.14. The van der Waals surface area contributed by atoms with Gasteiger partial charge in [0.2, 0.25) is 0 Å². The van der Waals surface area contributed by atoms with E-state index in [1.54, 1.807) is 55.1 Å². The number of ketones is 1. The Morgan fingerprint density at radius 2 is 1.87 bits per heavy atom. The van der Waals surface area contributed by atoms with Crippen LogP contribution in [0, 0.1) is 0 Å². The van der Waals surface area contributed by atoms with Crippen LogP contribution in [0.1, 0.15) is 22.7 Å². The molecule has 1 fully saturated rings. The van der Waals surface area contributed by atoms with E-state index in [-0.39, 0.29) is 22.9 Å². The summed E-state index contributed by atoms with van der Waals surface area (Å²) in [5, 5.41) is 11.3. The van der Waals surface area contributed by atoms with Gasteiger partial charge in [-0.05, 0) is 41.5 Å². The lowest BCUT2D eigenvalue weighted by molar-refractivity contribution is -0.140. The Hall–Kier alpha value is -3.71. The highest BCUT2D eigenvalue weighted by molar-refractivity contribution is 6.46. The van der Waals surface area contributed by atoms with E-state index in [0.717, 1.165) is 5.56 Å². The van der Waals surface area contributed by atoms with Crippen molar-refractivity contribution < 1.29 is 19.4 Å². The number of carbonyl (C=O) groups is 2. The molecule has 2 aromatic heterocycles. The summed E-state index contributed by atoms with van der Waals surface area (Å²) in [6.07, 6.45) is 6.42. The van der Waals surface area contributed by atoms with Crippen LogP contribution in [0.5, 0.6) is 5.75 Å². The maximum Gasteiger partial charge on any atom is 0.295 e. The number of nitrogens with zero attached hydrogens (tertiary/aromatic N) is 3. The third-order valence-corrected chi connectivity index (χ3v) is 5.34. The number of aliphatic hydroxyl groups is 1. The second-order valence-electron chi connectivity index (χ2n) is 6.92. The Morgan fingerprint density at radius 3 is 2.48 bits per heavy atom. The van der Waals surface area contributed by atoms with Gasteiger partial charge in [0.25, 0.3) is 11.7 Å². The lowest BCUT2D eigenvalue weighted by Crippen LogP contribution is -2.29. The minimum atomic E-state index is -0.810. The fourth-order valence-electron chi connectivity index (χ4n) is 3.58. The Morgan fingerprint density at radius 1 is 1.13 bits per heavy atom. The Bertz CT molecular complexity index is 1170. The van der Waals surface area contributed by atoms with Crippen molar-refractivity contribution in [1.29, 1.82) is 0 Å². The predicted octanol–water partition coefficient (Wildman–Crippen LogP) is 3.76. The molecule has 0 bridgehead atoms. The normalized spacial score (nSPS) is 17.7. The molecule has 8 heteroatoms. The van der Waals surface area contributed by atoms with Crippen LogP contribution in [0.2, 0.25) is 5.02 Å². The molecule has 1 aliphatic heterocycles. The molecule has 4 rings (SSSR count). The highest BCUT2D eigenvalue weighted by Crippen LogP contribution is 2.40. The first-order chi connectivity index (χ1) is 15.0. The molecular formula is C23H18ClN3O4. The van der Waals surface area contributed by atoms with E-state index >= 15 is 0 Å². The second-order valence-corrected chi connectivity index (χ2v) is 7.33. The van der Waals surface area contributed by atoms with Gasteiger partial charge in [-0.25, -0.2) is 0 Å². The highest BCUT2D eigenvalue weighted by Gasteiger charge is 2.46. The van der Waals surface area contributed by atoms with Gasteiger partial charge < -0.3 is 14.7 Å². The monoisotopic (exact) mass is 435 g/mol. The van der Waals surface area contributed by atoms with Crippen molar-refractivity contribution in [3.8, 4) is 5.75 Å². The van der Waals surface area contributed by atoms with Gasteiger partial charge in [0.05, 0.1) is 23.7 Å². The SMILES string of the molecule is COc1ccc(/C(O)=C2/C(=O)C(=O)N(Cc3cccnc3)C2c2cccnc2)cc1Cl. The second kappa shape index (κ2) is 8.57. The van der Waals surface area contributed by atoms with Crippen LogP contribution in [0.3, 0.4) is 0 Å². The number of rotatable bonds is 5. The zero-order chi connectivity index (χ0) is 22.0. The first kappa shape index (κ1) is 20.6. The molecule has 7 nitrogen and oxygen atoms in total. The first-order valence-corrected chi connectivity index (χ1v) is 9.80. The molecule has 1 atom stereocenters. The minimum Gasteiger partial charge on any atom is -0.507 e. The molecule has 0 saturated carbocycles. The number of methoxy groups -OCH3 is 1. The van der Waals surface area contributed by atoms with E-state index < -0.39 is 17.7 Å². The van der Waals surface area contributed by atoms with Crippen LogP contribution in [0.4, 0.5) is 0 Å². The quantitative estimate of drug-likeness (QED) is 0.372. The summed E-state index contributed by atoms with van der Waals surface area (Å²) >= 11 is 6.20. The predicted molar refractivity (Wildman–Crippen MR) is 114 cm³/mol. The van der Waals surface area contributed by atoms with Crippen molar-refractivity contribution >= 4 is 29.1 Å². The van der Waals surface area contributed by atoms with Crippen LogP contribution < -0.4 is 4.74 Å². The number of hydrogen-bond acceptors (Lipinski definition) is 6. The molecule has 3 aromatic rings. The van der Waals surface area contributed by atoms with Crippen molar-refractivity contribution in [1.82, 2.24) is 14.9 Å². The molecule has 0 spiro atoms. The van der Waals surface area contributed by atoms with Gasteiger partial charge in [-0.2, -0.15) is 0 Å². The summed E-state index contributed by atoms with van der Waals surface area (Å²) in [7, 11) is 1.48. The molecule has 31 heavy (non-hydrogen) atoms. The van der Waals surface area contributed by atoms with Gasteiger partial charge in [-0.15, -0.1) is 0 Å². The Labute approximate surface area is 183 Å². The molecule has 1 aromatic carbocycles. The van der Waals surface area contributed by atoms with Crippen molar-refractivity contribution in [2.24, 2.45) is 0 Å². The fraction of sp³-hybridized carbons (Fsp3) is 0.130. The summed E-state index contributed by atoms with van der Waals surface area (Å²) in [5.41, 5.74) is 1.64. The molecule has 0 radical (unpaired) electrons. The molecule has 1 saturated heterocycles. The van der Waals surface area contributed by atoms with Gasteiger partial charge in [-0.3, -0.25) is 19.6 Å². The van der Waals surface area contributed by atoms with Gasteiger partial charge >= 0.3 is 0 Å². The maximum atomic E-state index is 13.0. The van der Waals surface area contributed by atoms with Crippen LogP contribution >= 0.6 is 11.6 Å². The number of halogens is 1. The molecule has 3 heterocycles. The number of carbonyl (C=O) groups excluding carboxylic acids is 2. The molecule has 156 valence electrons. The van der Waals surface area contributed by atoms with Crippen molar-refractivity contribution in [3.63, 3.8) is 0 Å². The van der Waals surface area contributed by atoms with Crippen LogP contribution in [-0.2, 0) is 16.1 Å². The maximum absolute atomic E-state index is 13.0. The minimum absolute atomic E-state index is 0.0249. The van der Waals surface area contributed by atoms with E-state index in [1.165, 1.54) is 18.1 Å². The van der Waals surface area contributed by atoms with Crippen molar-refractivity contribution in [2.75, 3.05) is 7.11 Å². The third kappa shape index (κ3) is 3.87. The van der Waals surface area contributed by atoms with Gasteiger partial charge in [-0.1, -0.05) is 23.7 Å². The molecule has 1 amide bonds. The molecule has 0 aliphatic carbocycles. The van der Waals surface area contributed by atoms with Gasteiger partial charge in [0.15, 0.2) is 0 Å². The van der Waals surface area contributed by atoms with E-state index in [4.69, 9.17) is 16.3 Å². The lowest BCUT2D eigenvalue weighted by Gasteiger charge is -2.25. The first-order valence-electron chi connectivity index (χ1n) is 9.42. The van der Waals surface area contributed by atoms with Crippen molar-refractivity contribution in [3.05, 3.63) is 94.5 Å². The van der Waals surface area contributed by atoms with E-state index in [9.17, 15) is 14.7 Å². The van der Waals surface area contributed by atoms with Gasteiger partial charge in [0, 0.05) is 36.9 Å². The van der Waals surface area contributed by atoms with Crippen molar-refractivity contribution in [2.45, 2.75) is 12.6 Å². The number of Topliss-reactive ketones (excluding diaryl/α,β-unsaturated/α-hetero) is 1. The third-order valence-electron chi connectivity index (χ3n) is 5.04. The summed E-state index contributed by atoms with van der Waals surface area (Å²) in [4.78, 5) is 35.6. The number of benzene rings is 1. The fourth-order valence-corrected chi connectivity index (χ4v) is 3.84. The number of aliphatic hydroxyl groups excluding tert-OH is 1. The van der Waals surface area contributed by atoms with E-state index in [2.05, 4.69) is 9.97 Å². The number of pyridine rings is 2. The largest absolute Gasteiger partial charge is 0.507 e. The number of hydrogen-bond donors (Lipinski definition) is 1. The lowest BCUT2D eigenvalue weighted by atomic mass is 9.96. The van der Waals surface area contributed by atoms with Crippen LogP contribution in [0.25, 0.3) is 5.76 Å². The van der Waals surface area contributed by atoms with Crippen LogP contribution in [-0.4, -0.2) is 38.8 Å². The highest BCUT2D eigenvalue weighted by atomic mass is 35.5. The summed E-state index contributed by atoms with van der Waals surface area (Å²) in [5.74, 6) is -1.37. The standard InChI is InChI=1S/C23H18ClN3O4/c1-31-18-7-6-15(10-17(18)24)21(28)19-20(16-5-3-9-26-12-16)27(23(30)22(19)29)13-14-4-2-8-25-11-14/h2-12,20,28H,13H2,1H3/b21-19-. The number of amides is 1.